The molecule has 0 aromatic heterocycles. The Morgan fingerprint density at radius 1 is 0.816 bits per heavy atom. The van der Waals surface area contributed by atoms with Crippen LogP contribution in [0.2, 0.25) is 10.0 Å². The molecule has 4 aromatic carbocycles. The molecule has 1 heterocycles. The fraction of sp³-hybridized carbons (Fsp3) is 0.125. The van der Waals surface area contributed by atoms with Crippen LogP contribution in [-0.2, 0) is 4.79 Å². The molecule has 6 heteroatoms. The summed E-state index contributed by atoms with van der Waals surface area (Å²) in [5.41, 5.74) is 5.09. The highest BCUT2D eigenvalue weighted by molar-refractivity contribution is 6.35. The summed E-state index contributed by atoms with van der Waals surface area (Å²) in [5, 5.41) is 4.44. The van der Waals surface area contributed by atoms with E-state index in [1.807, 2.05) is 66.7 Å². The lowest BCUT2D eigenvalue weighted by atomic mass is 9.78. The van der Waals surface area contributed by atoms with E-state index in [9.17, 15) is 9.59 Å². The second-order valence-electron chi connectivity index (χ2n) is 9.58. The first-order valence-electron chi connectivity index (χ1n) is 12.5. The van der Waals surface area contributed by atoms with Crippen molar-refractivity contribution in [2.75, 3.05) is 10.2 Å². The number of benzene rings is 4. The Morgan fingerprint density at radius 3 is 2.24 bits per heavy atom. The predicted octanol–water partition coefficient (Wildman–Crippen LogP) is 8.21. The average molecular weight is 539 g/mol. The monoisotopic (exact) mass is 538 g/mol. The molecule has 38 heavy (non-hydrogen) atoms. The molecule has 0 spiro atoms. The van der Waals surface area contributed by atoms with Crippen molar-refractivity contribution in [3.63, 3.8) is 0 Å². The summed E-state index contributed by atoms with van der Waals surface area (Å²) in [5.74, 6) is -0.204. The van der Waals surface area contributed by atoms with Crippen molar-refractivity contribution in [2.24, 2.45) is 0 Å². The minimum atomic E-state index is -0.733. The van der Waals surface area contributed by atoms with Gasteiger partial charge < -0.3 is 5.32 Å². The van der Waals surface area contributed by atoms with Crippen molar-refractivity contribution < 1.29 is 9.59 Å². The van der Waals surface area contributed by atoms with Gasteiger partial charge in [0.2, 0.25) is 0 Å². The number of amides is 1. The molecule has 6 rings (SSSR count). The van der Waals surface area contributed by atoms with Crippen molar-refractivity contribution in [1.29, 1.82) is 0 Å². The number of hydrogen-bond donors (Lipinski definition) is 1. The van der Waals surface area contributed by atoms with E-state index < -0.39 is 6.04 Å². The van der Waals surface area contributed by atoms with Crippen LogP contribution in [0.3, 0.4) is 0 Å². The van der Waals surface area contributed by atoms with Crippen LogP contribution in [0.4, 0.5) is 11.4 Å². The number of anilines is 2. The number of ketones is 1. The number of nitrogens with one attached hydrogen (secondary N) is 1. The van der Waals surface area contributed by atoms with E-state index in [0.29, 0.717) is 45.3 Å². The fourth-order valence-corrected chi connectivity index (χ4v) is 6.02. The minimum Gasteiger partial charge on any atom is -0.357 e. The van der Waals surface area contributed by atoms with Gasteiger partial charge in [-0.05, 0) is 59.9 Å². The molecule has 1 N–H and O–H groups in total. The molecule has 1 aliphatic heterocycles. The zero-order valence-corrected chi connectivity index (χ0v) is 21.9. The van der Waals surface area contributed by atoms with Crippen LogP contribution >= 0.6 is 23.2 Å². The first-order chi connectivity index (χ1) is 18.5. The number of carbonyl (C=O) groups is 2. The zero-order chi connectivity index (χ0) is 26.2. The van der Waals surface area contributed by atoms with E-state index in [1.54, 1.807) is 29.2 Å². The molecule has 1 aliphatic carbocycles. The quantitative estimate of drug-likeness (QED) is 0.286. The molecular formula is C32H24Cl2N2O2. The van der Waals surface area contributed by atoms with Crippen LogP contribution in [0.15, 0.2) is 114 Å². The summed E-state index contributed by atoms with van der Waals surface area (Å²) in [4.78, 5) is 30.0. The van der Waals surface area contributed by atoms with Crippen LogP contribution in [0, 0.1) is 0 Å². The fourth-order valence-electron chi connectivity index (χ4n) is 5.51. The molecule has 0 bridgehead atoms. The molecule has 4 nitrogen and oxygen atoms in total. The number of para-hydroxylation sites is 2. The van der Waals surface area contributed by atoms with E-state index in [2.05, 4.69) is 17.4 Å². The third-order valence-electron chi connectivity index (χ3n) is 7.26. The molecule has 0 saturated heterocycles. The normalized spacial score (nSPS) is 18.8. The number of hydrogen-bond acceptors (Lipinski definition) is 3. The maximum absolute atomic E-state index is 14.2. The zero-order valence-electron chi connectivity index (χ0n) is 20.4. The maximum atomic E-state index is 14.2. The standard InChI is InChI=1S/C32H24Cl2N2O2/c33-23-15-16-24(25(34)19-23)31-30-27(17-22(18-29(30)37)20-9-3-1-4-10-20)35-26-13-7-8-14-28(26)36(31)32(38)21-11-5-2-6-12-21/h1-16,19,22,31,35H,17-18H2/t22-,31+/m1/s1. The lowest BCUT2D eigenvalue weighted by Crippen LogP contribution is -2.38. The predicted molar refractivity (Wildman–Crippen MR) is 153 cm³/mol. The Bertz CT molecular complexity index is 1570. The Labute approximate surface area is 231 Å². The number of allylic oxidation sites excluding steroid dienone is 1. The number of halogens is 2. The molecule has 0 saturated carbocycles. The smallest absolute Gasteiger partial charge is 0.259 e. The van der Waals surface area contributed by atoms with E-state index in [-0.39, 0.29) is 17.6 Å². The van der Waals surface area contributed by atoms with Crippen molar-refractivity contribution >= 4 is 46.3 Å². The lowest BCUT2D eigenvalue weighted by molar-refractivity contribution is -0.116. The molecule has 188 valence electrons. The van der Waals surface area contributed by atoms with Crippen LogP contribution in [-0.4, -0.2) is 11.7 Å². The van der Waals surface area contributed by atoms with Gasteiger partial charge in [0.05, 0.1) is 17.4 Å². The van der Waals surface area contributed by atoms with Gasteiger partial charge in [-0.15, -0.1) is 0 Å². The molecule has 4 aromatic rings. The second-order valence-corrected chi connectivity index (χ2v) is 10.4. The molecule has 0 fully saturated rings. The Kier molecular flexibility index (Phi) is 6.52. The molecular weight excluding hydrogens is 515 g/mol. The van der Waals surface area contributed by atoms with Gasteiger partial charge in [-0.3, -0.25) is 14.5 Å². The Balaban J connectivity index is 1.59. The first-order valence-corrected chi connectivity index (χ1v) is 13.3. The number of nitrogens with zero attached hydrogens (tertiary/aromatic N) is 1. The average Bonchev–Trinajstić information content (AvgIpc) is 3.08. The molecule has 1 amide bonds. The number of carbonyl (C=O) groups excluding carboxylic acids is 2. The highest BCUT2D eigenvalue weighted by atomic mass is 35.5. The largest absolute Gasteiger partial charge is 0.357 e. The van der Waals surface area contributed by atoms with Crippen LogP contribution in [0.25, 0.3) is 0 Å². The maximum Gasteiger partial charge on any atom is 0.259 e. The van der Waals surface area contributed by atoms with Crippen molar-refractivity contribution in [2.45, 2.75) is 24.8 Å². The second kappa shape index (κ2) is 10.1. The first kappa shape index (κ1) is 24.5. The Hall–Kier alpha value is -3.86. The van der Waals surface area contributed by atoms with E-state index in [1.165, 1.54) is 0 Å². The number of Topliss-reactive ketones (excluding diaryl/α,β-unsaturated/α-hetero) is 1. The van der Waals surface area contributed by atoms with Crippen LogP contribution < -0.4 is 10.2 Å². The summed E-state index contributed by atoms with van der Waals surface area (Å²) in [6, 6.07) is 31.4. The van der Waals surface area contributed by atoms with Crippen molar-refractivity contribution in [3.8, 4) is 0 Å². The number of rotatable bonds is 3. The minimum absolute atomic E-state index is 0.0118. The molecule has 2 atom stereocenters. The van der Waals surface area contributed by atoms with Crippen molar-refractivity contribution in [3.05, 3.63) is 141 Å². The van der Waals surface area contributed by atoms with E-state index in [4.69, 9.17) is 23.2 Å². The van der Waals surface area contributed by atoms with Gasteiger partial charge in [0.1, 0.15) is 0 Å². The van der Waals surface area contributed by atoms with E-state index in [0.717, 1.165) is 16.9 Å². The van der Waals surface area contributed by atoms with Gasteiger partial charge in [-0.1, -0.05) is 89.9 Å². The van der Waals surface area contributed by atoms with E-state index >= 15 is 0 Å². The summed E-state index contributed by atoms with van der Waals surface area (Å²) in [7, 11) is 0. The van der Waals surface area contributed by atoms with Gasteiger partial charge in [-0.25, -0.2) is 0 Å². The number of fused-ring (bicyclic) bond motifs is 1. The van der Waals surface area contributed by atoms with Gasteiger partial charge in [0.25, 0.3) is 5.91 Å². The molecule has 2 aliphatic rings. The van der Waals surface area contributed by atoms with Crippen LogP contribution in [0.5, 0.6) is 0 Å². The van der Waals surface area contributed by atoms with Crippen molar-refractivity contribution in [1.82, 2.24) is 0 Å². The molecule has 0 radical (unpaired) electrons. The van der Waals surface area contributed by atoms with Gasteiger partial charge >= 0.3 is 0 Å². The lowest BCUT2D eigenvalue weighted by Gasteiger charge is -2.35. The molecule has 0 unspecified atom stereocenters. The summed E-state index contributed by atoms with van der Waals surface area (Å²) in [6.45, 7) is 0. The van der Waals surface area contributed by atoms with Gasteiger partial charge in [0, 0.05) is 33.3 Å². The summed E-state index contributed by atoms with van der Waals surface area (Å²) < 4.78 is 0. The van der Waals surface area contributed by atoms with Gasteiger partial charge in [0.15, 0.2) is 5.78 Å². The SMILES string of the molecule is O=C1C[C@H](c2ccccc2)CC2=C1[C@H](c1ccc(Cl)cc1Cl)N(C(=O)c1ccccc1)c1ccccc1N2. The Morgan fingerprint density at radius 2 is 1.50 bits per heavy atom. The van der Waals surface area contributed by atoms with Crippen LogP contribution in [0.1, 0.15) is 46.3 Å². The summed E-state index contributed by atoms with van der Waals surface area (Å²) in [6.07, 6.45) is 0.977. The third-order valence-corrected chi connectivity index (χ3v) is 7.82. The summed E-state index contributed by atoms with van der Waals surface area (Å²) >= 11 is 13.0. The highest BCUT2D eigenvalue weighted by Gasteiger charge is 2.42. The topological polar surface area (TPSA) is 49.4 Å². The van der Waals surface area contributed by atoms with Gasteiger partial charge in [-0.2, -0.15) is 0 Å². The third kappa shape index (κ3) is 4.40. The highest BCUT2D eigenvalue weighted by Crippen LogP contribution is 2.49.